The van der Waals surface area contributed by atoms with Crippen molar-refractivity contribution in [2.75, 3.05) is 13.6 Å². The Bertz CT molecular complexity index is 330. The number of benzene rings is 1. The number of hydrogen-bond donors (Lipinski definition) is 2. The van der Waals surface area contributed by atoms with Gasteiger partial charge in [0.25, 0.3) is 0 Å². The van der Waals surface area contributed by atoms with Gasteiger partial charge in [0.15, 0.2) is 25.1 Å². The van der Waals surface area contributed by atoms with E-state index in [1.165, 1.54) is 0 Å². The Morgan fingerprint density at radius 3 is 1.12 bits per heavy atom. The van der Waals surface area contributed by atoms with Crippen molar-refractivity contribution in [3.63, 3.8) is 0 Å². The summed E-state index contributed by atoms with van der Waals surface area (Å²) in [5.41, 5.74) is 0. The number of aliphatic hydroxyl groups excluding tert-OH is 2. The first-order chi connectivity index (χ1) is 7.54. The van der Waals surface area contributed by atoms with Gasteiger partial charge in [0.05, 0.1) is 17.9 Å². The van der Waals surface area contributed by atoms with Crippen molar-refractivity contribution in [1.82, 2.24) is 0 Å². The topological polar surface area (TPSA) is 58.9 Å². The van der Waals surface area contributed by atoms with Crippen LogP contribution in [0, 0.1) is 0 Å². The molecule has 8 heteroatoms. The fourth-order valence-corrected chi connectivity index (χ4v) is 3.48. The number of ether oxygens (including phenoxy) is 2. The summed E-state index contributed by atoms with van der Waals surface area (Å²) in [6, 6.07) is 0. The Morgan fingerprint density at radius 1 is 0.688 bits per heavy atom. The lowest BCUT2D eigenvalue weighted by Gasteiger charge is -2.15. The zero-order valence-corrected chi connectivity index (χ0v) is 14.0. The van der Waals surface area contributed by atoms with E-state index in [1.807, 2.05) is 0 Å². The highest BCUT2D eigenvalue weighted by Crippen LogP contribution is 2.50. The third-order valence-electron chi connectivity index (χ3n) is 1.60. The van der Waals surface area contributed by atoms with E-state index in [1.54, 1.807) is 0 Å². The highest BCUT2D eigenvalue weighted by atomic mass is 79.9. The monoisotopic (exact) mass is 482 g/mol. The van der Waals surface area contributed by atoms with Gasteiger partial charge in [-0.15, -0.1) is 0 Å². The standard InChI is InChI=1S/C8H6Br4O4/c9-3-5(11)8(16-2-14)6(12)4(10)7(3)15-1-13/h13-14H,1-2H2. The molecule has 1 aromatic carbocycles. The number of rotatable bonds is 4. The van der Waals surface area contributed by atoms with Crippen LogP contribution >= 0.6 is 63.7 Å². The predicted molar refractivity (Wildman–Crippen MR) is 72.7 cm³/mol. The predicted octanol–water partition coefficient (Wildman–Crippen LogP) is 3.39. The molecule has 0 radical (unpaired) electrons. The van der Waals surface area contributed by atoms with Gasteiger partial charge < -0.3 is 19.7 Å². The van der Waals surface area contributed by atoms with Gasteiger partial charge in [-0.2, -0.15) is 0 Å². The number of aliphatic hydroxyl groups is 2. The van der Waals surface area contributed by atoms with E-state index >= 15 is 0 Å². The molecule has 0 bridgehead atoms. The van der Waals surface area contributed by atoms with Crippen molar-refractivity contribution < 1.29 is 19.7 Å². The normalized spacial score (nSPS) is 10.4. The van der Waals surface area contributed by atoms with Gasteiger partial charge in [-0.1, -0.05) is 0 Å². The van der Waals surface area contributed by atoms with Crippen LogP contribution < -0.4 is 9.47 Å². The Hall–Kier alpha value is 0.660. The van der Waals surface area contributed by atoms with Crippen molar-refractivity contribution in [2.24, 2.45) is 0 Å². The van der Waals surface area contributed by atoms with Gasteiger partial charge in [-0.25, -0.2) is 0 Å². The molecule has 0 aliphatic carbocycles. The summed E-state index contributed by atoms with van der Waals surface area (Å²) in [5, 5.41) is 17.5. The molecule has 0 fully saturated rings. The van der Waals surface area contributed by atoms with E-state index in [0.29, 0.717) is 29.4 Å². The van der Waals surface area contributed by atoms with Crippen molar-refractivity contribution in [1.29, 1.82) is 0 Å². The lowest BCUT2D eigenvalue weighted by molar-refractivity contribution is 0.0922. The molecule has 0 spiro atoms. The van der Waals surface area contributed by atoms with Crippen LogP contribution in [0.15, 0.2) is 17.9 Å². The van der Waals surface area contributed by atoms with E-state index in [9.17, 15) is 0 Å². The molecule has 0 aromatic heterocycles. The molecule has 0 heterocycles. The molecule has 0 aliphatic rings. The molecule has 0 saturated carbocycles. The first-order valence-electron chi connectivity index (χ1n) is 3.87. The van der Waals surface area contributed by atoms with E-state index in [-0.39, 0.29) is 0 Å². The largest absolute Gasteiger partial charge is 0.465 e. The second kappa shape index (κ2) is 6.55. The van der Waals surface area contributed by atoms with Gasteiger partial charge in [0, 0.05) is 0 Å². The van der Waals surface area contributed by atoms with Gasteiger partial charge >= 0.3 is 0 Å². The maximum atomic E-state index is 8.76. The number of hydrogen-bond acceptors (Lipinski definition) is 4. The summed E-state index contributed by atoms with van der Waals surface area (Å²) >= 11 is 13.2. The maximum absolute atomic E-state index is 8.76. The smallest absolute Gasteiger partial charge is 0.186 e. The third kappa shape index (κ3) is 2.91. The fraction of sp³-hybridized carbons (Fsp3) is 0.250. The lowest BCUT2D eigenvalue weighted by atomic mass is 10.3. The SMILES string of the molecule is OCOc1c(Br)c(Br)c(OCO)c(Br)c1Br. The Kier molecular flexibility index (Phi) is 6.03. The summed E-state index contributed by atoms with van der Waals surface area (Å²) in [7, 11) is 0. The third-order valence-corrected chi connectivity index (χ3v) is 5.69. The van der Waals surface area contributed by atoms with Gasteiger partial charge in [-0.05, 0) is 63.7 Å². The Morgan fingerprint density at radius 2 is 0.938 bits per heavy atom. The molecule has 0 amide bonds. The van der Waals surface area contributed by atoms with E-state index in [2.05, 4.69) is 63.7 Å². The van der Waals surface area contributed by atoms with Crippen LogP contribution in [0.25, 0.3) is 0 Å². The average Bonchev–Trinajstić information content (AvgIpc) is 2.28. The summed E-state index contributed by atoms with van der Waals surface area (Å²) in [6.07, 6.45) is 0. The van der Waals surface area contributed by atoms with Crippen molar-refractivity contribution >= 4 is 63.7 Å². The van der Waals surface area contributed by atoms with Crippen LogP contribution in [-0.2, 0) is 0 Å². The lowest BCUT2D eigenvalue weighted by Crippen LogP contribution is -2.01. The van der Waals surface area contributed by atoms with E-state index in [4.69, 9.17) is 19.7 Å². The summed E-state index contributed by atoms with van der Waals surface area (Å²) in [6.45, 7) is -0.896. The minimum absolute atomic E-state index is 0.423. The molecular formula is C8H6Br4O4. The highest BCUT2D eigenvalue weighted by molar-refractivity contribution is 9.14. The summed E-state index contributed by atoms with van der Waals surface area (Å²) in [5.74, 6) is 0.845. The van der Waals surface area contributed by atoms with Crippen LogP contribution in [-0.4, -0.2) is 23.8 Å². The van der Waals surface area contributed by atoms with Crippen LogP contribution in [0.4, 0.5) is 0 Å². The zero-order chi connectivity index (χ0) is 12.3. The zero-order valence-electron chi connectivity index (χ0n) is 7.64. The van der Waals surface area contributed by atoms with Crippen LogP contribution in [0.5, 0.6) is 11.5 Å². The molecule has 0 aliphatic heterocycles. The average molecular weight is 486 g/mol. The molecule has 1 aromatic rings. The summed E-state index contributed by atoms with van der Waals surface area (Å²) < 4.78 is 12.4. The molecule has 0 unspecified atom stereocenters. The minimum atomic E-state index is -0.448. The molecular weight excluding hydrogens is 480 g/mol. The quantitative estimate of drug-likeness (QED) is 0.507. The van der Waals surface area contributed by atoms with Crippen LogP contribution in [0.3, 0.4) is 0 Å². The van der Waals surface area contributed by atoms with Crippen molar-refractivity contribution in [2.45, 2.75) is 0 Å². The van der Waals surface area contributed by atoms with Crippen LogP contribution in [0.1, 0.15) is 0 Å². The first-order valence-corrected chi connectivity index (χ1v) is 7.05. The molecule has 0 saturated heterocycles. The van der Waals surface area contributed by atoms with E-state index < -0.39 is 13.6 Å². The molecule has 90 valence electrons. The van der Waals surface area contributed by atoms with Gasteiger partial charge in [0.2, 0.25) is 0 Å². The molecule has 1 rings (SSSR count). The van der Waals surface area contributed by atoms with Gasteiger partial charge in [-0.3, -0.25) is 0 Å². The molecule has 2 N–H and O–H groups in total. The minimum Gasteiger partial charge on any atom is -0.465 e. The van der Waals surface area contributed by atoms with Crippen molar-refractivity contribution in [3.05, 3.63) is 17.9 Å². The van der Waals surface area contributed by atoms with E-state index in [0.717, 1.165) is 0 Å². The molecule has 4 nitrogen and oxygen atoms in total. The van der Waals surface area contributed by atoms with Gasteiger partial charge in [0.1, 0.15) is 0 Å². The Labute approximate surface area is 125 Å². The maximum Gasteiger partial charge on any atom is 0.186 e. The molecule has 0 atom stereocenters. The fourth-order valence-electron chi connectivity index (χ4n) is 0.974. The first kappa shape index (κ1) is 14.7. The molecule has 16 heavy (non-hydrogen) atoms. The summed E-state index contributed by atoms with van der Waals surface area (Å²) in [4.78, 5) is 0. The Balaban J connectivity index is 3.37. The highest BCUT2D eigenvalue weighted by Gasteiger charge is 2.21. The van der Waals surface area contributed by atoms with Crippen molar-refractivity contribution in [3.8, 4) is 11.5 Å². The number of halogens is 4. The van der Waals surface area contributed by atoms with Crippen LogP contribution in [0.2, 0.25) is 0 Å². The second-order valence-corrected chi connectivity index (χ2v) is 5.63. The second-order valence-electron chi connectivity index (χ2n) is 2.46.